The fourth-order valence-corrected chi connectivity index (χ4v) is 7.20. The molecular formula is C27H28F4N6O3. The van der Waals surface area contributed by atoms with E-state index < -0.39 is 60.0 Å². The third kappa shape index (κ3) is 4.57. The van der Waals surface area contributed by atoms with Crippen molar-refractivity contribution in [3.8, 4) is 6.07 Å². The Bertz CT molecular complexity index is 1380. The van der Waals surface area contributed by atoms with Gasteiger partial charge < -0.3 is 15.5 Å². The molecule has 13 heteroatoms. The van der Waals surface area contributed by atoms with Crippen molar-refractivity contribution in [2.75, 3.05) is 6.54 Å². The van der Waals surface area contributed by atoms with Gasteiger partial charge >= 0.3 is 12.1 Å². The van der Waals surface area contributed by atoms with Crippen molar-refractivity contribution >= 4 is 23.2 Å². The minimum absolute atomic E-state index is 0.00172. The van der Waals surface area contributed by atoms with Crippen LogP contribution in [-0.4, -0.2) is 63.2 Å². The van der Waals surface area contributed by atoms with Gasteiger partial charge in [-0.2, -0.15) is 23.5 Å². The lowest BCUT2D eigenvalue weighted by molar-refractivity contribution is -0.175. The molecule has 2 aromatic rings. The summed E-state index contributed by atoms with van der Waals surface area (Å²) in [4.78, 5) is 40.7. The monoisotopic (exact) mass is 560 g/mol. The molecular weight excluding hydrogens is 532 g/mol. The number of amides is 3. The third-order valence-electron chi connectivity index (χ3n) is 9.13. The minimum atomic E-state index is -5.17. The normalized spacial score (nSPS) is 30.5. The summed E-state index contributed by atoms with van der Waals surface area (Å²) in [5.41, 5.74) is 1.03. The van der Waals surface area contributed by atoms with Gasteiger partial charge in [0.15, 0.2) is 0 Å². The fraction of sp³-hybridized carbons (Fsp3) is 0.593. The number of nitrogens with one attached hydrogen (secondary N) is 2. The highest BCUT2D eigenvalue weighted by atomic mass is 19.4. The molecule has 2 aromatic heterocycles. The van der Waals surface area contributed by atoms with E-state index in [1.165, 1.54) is 11.1 Å². The predicted octanol–water partition coefficient (Wildman–Crippen LogP) is 2.68. The Balaban J connectivity index is 1.29. The van der Waals surface area contributed by atoms with E-state index in [2.05, 4.69) is 16.5 Å². The maximum absolute atomic E-state index is 14.9. The summed E-state index contributed by atoms with van der Waals surface area (Å²) < 4.78 is 55.7. The van der Waals surface area contributed by atoms with Crippen molar-refractivity contribution in [2.45, 2.75) is 62.6 Å². The first kappa shape index (κ1) is 26.5. The second-order valence-corrected chi connectivity index (χ2v) is 11.5. The molecule has 212 valence electrons. The number of alkyl halides is 4. The number of nitriles is 1. The number of halogens is 4. The second-order valence-electron chi connectivity index (χ2n) is 11.5. The molecule has 6 rings (SSSR count). The topological polar surface area (TPSA) is 120 Å². The van der Waals surface area contributed by atoms with Gasteiger partial charge in [-0.1, -0.05) is 18.9 Å². The van der Waals surface area contributed by atoms with E-state index in [9.17, 15) is 37.2 Å². The van der Waals surface area contributed by atoms with Crippen LogP contribution in [0.25, 0.3) is 5.52 Å². The standard InChI is InChI=1S/C27H28F4N6O3/c28-18-9-14-8-15(18)22-17(14)12-36(25(39)19(7-13-4-5-13)35-26(40)27(29,30)31)23(22)24(38)34-20(10-32)16-11-33-37-6-2-1-3-21(16)37/h1-3,6,11,13-15,17-20,22-23H,4-5,7-9,12H2,(H,34,38)(H,35,40)/t14-,15+,17+,18+,19-,20?,22-,23-/m0/s1. The van der Waals surface area contributed by atoms with Gasteiger partial charge in [-0.25, -0.2) is 8.91 Å². The van der Waals surface area contributed by atoms with E-state index in [1.807, 2.05) is 5.32 Å². The van der Waals surface area contributed by atoms with Gasteiger partial charge in [0.25, 0.3) is 0 Å². The van der Waals surface area contributed by atoms with Gasteiger partial charge in [-0.05, 0) is 61.0 Å². The Kier molecular flexibility index (Phi) is 6.46. The van der Waals surface area contributed by atoms with Gasteiger partial charge in [0.05, 0.1) is 17.8 Å². The molecule has 3 saturated carbocycles. The lowest BCUT2D eigenvalue weighted by atomic mass is 9.77. The van der Waals surface area contributed by atoms with Gasteiger partial charge in [0, 0.05) is 18.3 Å². The van der Waals surface area contributed by atoms with Crippen LogP contribution in [0.15, 0.2) is 30.6 Å². The van der Waals surface area contributed by atoms with Crippen molar-refractivity contribution in [2.24, 2.45) is 29.6 Å². The Hall–Kier alpha value is -3.69. The average Bonchev–Trinajstić information content (AvgIpc) is 3.23. The SMILES string of the molecule is N#CC(NC(=O)[C@@H]1[C@@H]2[C@H](CN1C(=O)[C@H](CC1CC1)NC(=O)C(F)(F)F)[C@H]1C[C@@H]2[C@H](F)C1)c1cnn2ccccc12. The molecule has 0 aromatic carbocycles. The molecule has 4 aliphatic rings. The third-order valence-corrected chi connectivity index (χ3v) is 9.13. The van der Waals surface area contributed by atoms with Crippen molar-refractivity contribution in [3.05, 3.63) is 36.2 Å². The van der Waals surface area contributed by atoms with Crippen LogP contribution in [0.4, 0.5) is 17.6 Å². The van der Waals surface area contributed by atoms with Crippen LogP contribution in [-0.2, 0) is 14.4 Å². The summed E-state index contributed by atoms with van der Waals surface area (Å²) in [7, 11) is 0. The van der Waals surface area contributed by atoms with Gasteiger partial charge in [0.1, 0.15) is 24.3 Å². The van der Waals surface area contributed by atoms with E-state index in [0.717, 1.165) is 12.8 Å². The van der Waals surface area contributed by atoms with Gasteiger partial charge in [-0.3, -0.25) is 14.4 Å². The number of carbonyl (C=O) groups is 3. The highest BCUT2D eigenvalue weighted by molar-refractivity contribution is 5.94. The van der Waals surface area contributed by atoms with Crippen LogP contribution in [0.5, 0.6) is 0 Å². The number of rotatable bonds is 7. The first-order chi connectivity index (χ1) is 19.1. The molecule has 2 bridgehead atoms. The second kappa shape index (κ2) is 9.74. The summed E-state index contributed by atoms with van der Waals surface area (Å²) in [5.74, 6) is -4.89. The van der Waals surface area contributed by atoms with Crippen LogP contribution in [0.2, 0.25) is 0 Å². The maximum atomic E-state index is 14.9. The molecule has 4 fully saturated rings. The smallest absolute Gasteiger partial charge is 0.336 e. The van der Waals surface area contributed by atoms with E-state index in [0.29, 0.717) is 23.9 Å². The predicted molar refractivity (Wildman–Crippen MR) is 131 cm³/mol. The Morgan fingerprint density at radius 2 is 1.93 bits per heavy atom. The van der Waals surface area contributed by atoms with E-state index in [-0.39, 0.29) is 30.7 Å². The highest BCUT2D eigenvalue weighted by Gasteiger charge is 2.63. The number of aromatic nitrogens is 2. The van der Waals surface area contributed by atoms with Gasteiger partial charge in [0.2, 0.25) is 11.8 Å². The summed E-state index contributed by atoms with van der Waals surface area (Å²) in [5, 5.41) is 18.7. The number of carbonyl (C=O) groups excluding carboxylic acids is 3. The zero-order valence-electron chi connectivity index (χ0n) is 21.4. The quantitative estimate of drug-likeness (QED) is 0.505. The maximum Gasteiger partial charge on any atom is 0.471 e. The first-order valence-corrected chi connectivity index (χ1v) is 13.5. The molecule has 0 radical (unpaired) electrons. The van der Waals surface area contributed by atoms with Crippen molar-refractivity contribution in [1.82, 2.24) is 25.1 Å². The molecule has 3 amide bonds. The van der Waals surface area contributed by atoms with E-state index in [4.69, 9.17) is 0 Å². The number of nitrogens with zero attached hydrogens (tertiary/aromatic N) is 4. The number of fused-ring (bicyclic) bond motifs is 6. The van der Waals surface area contributed by atoms with Crippen LogP contribution >= 0.6 is 0 Å². The average molecular weight is 561 g/mol. The zero-order chi connectivity index (χ0) is 28.3. The van der Waals surface area contributed by atoms with Crippen LogP contribution in [0, 0.1) is 40.9 Å². The number of likely N-dealkylation sites (tertiary alicyclic amines) is 1. The first-order valence-electron chi connectivity index (χ1n) is 13.5. The molecule has 2 N–H and O–H groups in total. The lowest BCUT2D eigenvalue weighted by Gasteiger charge is -2.33. The number of hydrogen-bond donors (Lipinski definition) is 2. The van der Waals surface area contributed by atoms with Crippen LogP contribution < -0.4 is 10.6 Å². The Morgan fingerprint density at radius 1 is 1.15 bits per heavy atom. The zero-order valence-corrected chi connectivity index (χ0v) is 21.4. The molecule has 1 unspecified atom stereocenters. The Labute approximate surface area is 226 Å². The van der Waals surface area contributed by atoms with E-state index in [1.54, 1.807) is 28.9 Å². The summed E-state index contributed by atoms with van der Waals surface area (Å²) >= 11 is 0. The van der Waals surface area contributed by atoms with Crippen LogP contribution in [0.3, 0.4) is 0 Å². The fourth-order valence-electron chi connectivity index (χ4n) is 7.20. The molecule has 1 aliphatic heterocycles. The molecule has 8 atom stereocenters. The Morgan fingerprint density at radius 3 is 2.62 bits per heavy atom. The molecule has 9 nitrogen and oxygen atoms in total. The summed E-state index contributed by atoms with van der Waals surface area (Å²) in [6, 6.07) is 3.53. The lowest BCUT2D eigenvalue weighted by Crippen LogP contribution is -2.57. The van der Waals surface area contributed by atoms with Crippen LogP contribution in [0.1, 0.15) is 43.7 Å². The molecule has 3 aliphatic carbocycles. The molecule has 3 heterocycles. The molecule has 0 spiro atoms. The minimum Gasteiger partial charge on any atom is -0.336 e. The number of hydrogen-bond acceptors (Lipinski definition) is 5. The van der Waals surface area contributed by atoms with E-state index >= 15 is 0 Å². The van der Waals surface area contributed by atoms with Gasteiger partial charge in [-0.15, -0.1) is 0 Å². The van der Waals surface area contributed by atoms with Crippen molar-refractivity contribution in [3.63, 3.8) is 0 Å². The van der Waals surface area contributed by atoms with Crippen molar-refractivity contribution < 1.29 is 31.9 Å². The molecule has 40 heavy (non-hydrogen) atoms. The largest absolute Gasteiger partial charge is 0.471 e. The summed E-state index contributed by atoms with van der Waals surface area (Å²) in [6.45, 7) is 0.0897. The molecule has 1 saturated heterocycles. The summed E-state index contributed by atoms with van der Waals surface area (Å²) in [6.07, 6.45) is -0.778. The highest BCUT2D eigenvalue weighted by Crippen LogP contribution is 2.58. The number of pyridine rings is 1. The van der Waals surface area contributed by atoms with Crippen molar-refractivity contribution in [1.29, 1.82) is 5.26 Å².